The first-order valence-corrected chi connectivity index (χ1v) is 9.70. The molecule has 2 fully saturated rings. The molecule has 0 bridgehead atoms. The molecule has 2 saturated heterocycles. The van der Waals surface area contributed by atoms with Gasteiger partial charge in [0.2, 0.25) is 0 Å². The molecule has 4 heterocycles. The Morgan fingerprint density at radius 3 is 2.60 bits per heavy atom. The van der Waals surface area contributed by atoms with Gasteiger partial charge in [0.05, 0.1) is 6.26 Å². The summed E-state index contributed by atoms with van der Waals surface area (Å²) in [4.78, 5) is 14.2. The molecule has 2 aliphatic heterocycles. The Kier molecular flexibility index (Phi) is 5.43. The fraction of sp³-hybridized carbons (Fsp3) is 0.600. The number of rotatable bonds is 6. The molecule has 0 unspecified atom stereocenters. The summed E-state index contributed by atoms with van der Waals surface area (Å²) in [5.74, 6) is 1.39. The zero-order valence-corrected chi connectivity index (χ0v) is 14.9. The van der Waals surface area contributed by atoms with E-state index < -0.39 is 0 Å². The van der Waals surface area contributed by atoms with Crippen LogP contribution in [0, 0.1) is 0 Å². The average molecular weight is 340 g/mol. The van der Waals surface area contributed by atoms with Crippen molar-refractivity contribution in [2.24, 2.45) is 0 Å². The minimum absolute atomic E-state index is 0.665. The molecule has 0 aliphatic carbocycles. The highest BCUT2D eigenvalue weighted by atomic mass is 16.3. The van der Waals surface area contributed by atoms with Gasteiger partial charge < -0.3 is 9.32 Å². The first-order valence-electron chi connectivity index (χ1n) is 9.70. The molecule has 0 spiro atoms. The van der Waals surface area contributed by atoms with Crippen LogP contribution in [0.1, 0.15) is 44.1 Å². The van der Waals surface area contributed by atoms with Crippen LogP contribution in [0.3, 0.4) is 0 Å². The van der Waals surface area contributed by atoms with Crippen molar-refractivity contribution in [3.8, 4) is 11.6 Å². The molecule has 0 N–H and O–H groups in total. The van der Waals surface area contributed by atoms with Crippen molar-refractivity contribution in [2.75, 3.05) is 26.2 Å². The van der Waals surface area contributed by atoms with Gasteiger partial charge in [-0.25, -0.2) is 9.97 Å². The van der Waals surface area contributed by atoms with Crippen molar-refractivity contribution < 1.29 is 4.42 Å². The molecular weight excluding hydrogens is 312 g/mol. The SMILES string of the molecule is c1coc(-c2ncc(CN3CCCC[C@@H]3CCN3CCCC3)cn2)c1. The van der Waals surface area contributed by atoms with Gasteiger partial charge in [0.25, 0.3) is 0 Å². The molecule has 5 heteroatoms. The first-order chi connectivity index (χ1) is 12.4. The minimum atomic E-state index is 0.665. The lowest BCUT2D eigenvalue weighted by atomic mass is 9.98. The van der Waals surface area contributed by atoms with Gasteiger partial charge in [-0.2, -0.15) is 0 Å². The Labute approximate surface area is 150 Å². The van der Waals surface area contributed by atoms with Crippen molar-refractivity contribution >= 4 is 0 Å². The van der Waals surface area contributed by atoms with E-state index in [0.29, 0.717) is 11.9 Å². The Morgan fingerprint density at radius 1 is 1.04 bits per heavy atom. The monoisotopic (exact) mass is 340 g/mol. The maximum absolute atomic E-state index is 5.37. The quantitative estimate of drug-likeness (QED) is 0.804. The number of hydrogen-bond acceptors (Lipinski definition) is 5. The summed E-state index contributed by atoms with van der Waals surface area (Å²) in [6, 6.07) is 4.47. The number of nitrogens with zero attached hydrogens (tertiary/aromatic N) is 4. The molecule has 5 nitrogen and oxygen atoms in total. The summed E-state index contributed by atoms with van der Waals surface area (Å²) in [5, 5.41) is 0. The van der Waals surface area contributed by atoms with Crippen LogP contribution in [-0.4, -0.2) is 52.0 Å². The molecule has 4 rings (SSSR count). The smallest absolute Gasteiger partial charge is 0.195 e. The predicted molar refractivity (Wildman–Crippen MR) is 98.1 cm³/mol. The number of hydrogen-bond donors (Lipinski definition) is 0. The third-order valence-corrected chi connectivity index (χ3v) is 5.56. The van der Waals surface area contributed by atoms with Gasteiger partial charge in [-0.05, 0) is 70.4 Å². The summed E-state index contributed by atoms with van der Waals surface area (Å²) in [6.45, 7) is 6.02. The number of piperidine rings is 1. The molecule has 0 aromatic carbocycles. The second-order valence-electron chi connectivity index (χ2n) is 7.35. The fourth-order valence-electron chi connectivity index (χ4n) is 4.14. The van der Waals surface area contributed by atoms with E-state index in [4.69, 9.17) is 4.42 Å². The van der Waals surface area contributed by atoms with E-state index in [1.165, 1.54) is 70.3 Å². The van der Waals surface area contributed by atoms with Gasteiger partial charge in [-0.1, -0.05) is 6.42 Å². The first kappa shape index (κ1) is 16.7. The molecular formula is C20H28N4O. The van der Waals surface area contributed by atoms with Gasteiger partial charge >= 0.3 is 0 Å². The third-order valence-electron chi connectivity index (χ3n) is 5.56. The Morgan fingerprint density at radius 2 is 1.84 bits per heavy atom. The molecule has 2 aromatic heterocycles. The normalized spacial score (nSPS) is 22.5. The molecule has 2 aliphatic rings. The lowest BCUT2D eigenvalue weighted by Gasteiger charge is -2.36. The Balaban J connectivity index is 1.35. The van der Waals surface area contributed by atoms with Crippen LogP contribution in [0.5, 0.6) is 0 Å². The Bertz CT molecular complexity index is 634. The van der Waals surface area contributed by atoms with Crippen LogP contribution >= 0.6 is 0 Å². The van der Waals surface area contributed by atoms with Crippen molar-refractivity contribution in [3.05, 3.63) is 36.4 Å². The van der Waals surface area contributed by atoms with E-state index in [9.17, 15) is 0 Å². The van der Waals surface area contributed by atoms with Gasteiger partial charge in [0.1, 0.15) is 0 Å². The van der Waals surface area contributed by atoms with E-state index in [1.54, 1.807) is 6.26 Å². The number of likely N-dealkylation sites (tertiary alicyclic amines) is 2. The molecule has 0 saturated carbocycles. The van der Waals surface area contributed by atoms with Crippen molar-refractivity contribution in [3.63, 3.8) is 0 Å². The standard InChI is InChI=1S/C20H28N4O/c1-2-11-24(18(6-1)8-12-23-9-3-4-10-23)16-17-14-21-20(22-15-17)19-7-5-13-25-19/h5,7,13-15,18H,1-4,6,8-12,16H2/t18-/m1/s1. The van der Waals surface area contributed by atoms with Crippen LogP contribution in [0.4, 0.5) is 0 Å². The lowest BCUT2D eigenvalue weighted by molar-refractivity contribution is 0.121. The number of furan rings is 1. The summed E-state index contributed by atoms with van der Waals surface area (Å²) in [5.41, 5.74) is 1.20. The van der Waals surface area contributed by atoms with Crippen molar-refractivity contribution in [1.29, 1.82) is 0 Å². The summed E-state index contributed by atoms with van der Waals surface area (Å²) in [6.07, 6.45) is 13.6. The van der Waals surface area contributed by atoms with Crippen LogP contribution < -0.4 is 0 Å². The highest BCUT2D eigenvalue weighted by molar-refractivity contribution is 5.45. The average Bonchev–Trinajstić information content (AvgIpc) is 3.36. The van der Waals surface area contributed by atoms with Crippen LogP contribution in [0.15, 0.2) is 35.2 Å². The second kappa shape index (κ2) is 8.11. The highest BCUT2D eigenvalue weighted by Gasteiger charge is 2.24. The zero-order chi connectivity index (χ0) is 16.9. The van der Waals surface area contributed by atoms with Crippen LogP contribution in [-0.2, 0) is 6.54 Å². The van der Waals surface area contributed by atoms with Gasteiger partial charge in [0.15, 0.2) is 11.6 Å². The molecule has 1 atom stereocenters. The van der Waals surface area contributed by atoms with Crippen LogP contribution in [0.25, 0.3) is 11.6 Å². The molecule has 134 valence electrons. The lowest BCUT2D eigenvalue weighted by Crippen LogP contribution is -2.41. The van der Waals surface area contributed by atoms with Crippen molar-refractivity contribution in [2.45, 2.75) is 51.1 Å². The maximum Gasteiger partial charge on any atom is 0.195 e. The zero-order valence-electron chi connectivity index (χ0n) is 14.9. The Hall–Kier alpha value is -1.72. The molecule has 0 radical (unpaired) electrons. The van der Waals surface area contributed by atoms with E-state index in [1.807, 2.05) is 24.5 Å². The predicted octanol–water partition coefficient (Wildman–Crippen LogP) is 3.58. The third kappa shape index (κ3) is 4.28. The highest BCUT2D eigenvalue weighted by Crippen LogP contribution is 2.23. The summed E-state index contributed by atoms with van der Waals surface area (Å²) in [7, 11) is 0. The molecule has 25 heavy (non-hydrogen) atoms. The van der Waals surface area contributed by atoms with E-state index >= 15 is 0 Å². The topological polar surface area (TPSA) is 45.4 Å². The summed E-state index contributed by atoms with van der Waals surface area (Å²) >= 11 is 0. The maximum atomic E-state index is 5.37. The summed E-state index contributed by atoms with van der Waals surface area (Å²) < 4.78 is 5.37. The van der Waals surface area contributed by atoms with E-state index in [2.05, 4.69) is 19.8 Å². The van der Waals surface area contributed by atoms with E-state index in [-0.39, 0.29) is 0 Å². The molecule has 2 aromatic rings. The van der Waals surface area contributed by atoms with Gasteiger partial charge in [-0.3, -0.25) is 4.90 Å². The molecule has 0 amide bonds. The minimum Gasteiger partial charge on any atom is -0.461 e. The fourth-order valence-corrected chi connectivity index (χ4v) is 4.14. The van der Waals surface area contributed by atoms with E-state index in [0.717, 1.165) is 12.3 Å². The van der Waals surface area contributed by atoms with Crippen molar-refractivity contribution in [1.82, 2.24) is 19.8 Å². The second-order valence-corrected chi connectivity index (χ2v) is 7.35. The largest absolute Gasteiger partial charge is 0.461 e. The number of aromatic nitrogens is 2. The van der Waals surface area contributed by atoms with Gasteiger partial charge in [0, 0.05) is 30.5 Å². The van der Waals surface area contributed by atoms with Crippen LogP contribution in [0.2, 0.25) is 0 Å². The van der Waals surface area contributed by atoms with Gasteiger partial charge in [-0.15, -0.1) is 0 Å².